The van der Waals surface area contributed by atoms with E-state index >= 15 is 0 Å². The molecule has 0 bridgehead atoms. The smallest absolute Gasteiger partial charge is 0.384 e. The zero-order valence-electron chi connectivity index (χ0n) is 8.64. The van der Waals surface area contributed by atoms with Gasteiger partial charge in [-0.25, -0.2) is 0 Å². The standard InChI is InChI=1S/C10H10BrF3N2O/c11-6-1-2-7(10(12,13)14)8(5-6)16-4-3-9(15)17/h1-2,5,16H,3-4H2,(H2,15,17). The molecule has 0 aliphatic carbocycles. The van der Waals surface area contributed by atoms with Crippen molar-refractivity contribution in [2.45, 2.75) is 12.6 Å². The van der Waals surface area contributed by atoms with Crippen molar-refractivity contribution in [3.05, 3.63) is 28.2 Å². The molecule has 0 aliphatic heterocycles. The van der Waals surface area contributed by atoms with Crippen molar-refractivity contribution in [3.63, 3.8) is 0 Å². The summed E-state index contributed by atoms with van der Waals surface area (Å²) in [6.07, 6.45) is -4.46. The topological polar surface area (TPSA) is 55.1 Å². The first-order valence-electron chi connectivity index (χ1n) is 4.69. The van der Waals surface area contributed by atoms with E-state index in [0.717, 1.165) is 6.07 Å². The molecule has 0 aromatic heterocycles. The average Bonchev–Trinajstić information content (AvgIpc) is 2.15. The lowest BCUT2D eigenvalue weighted by molar-refractivity contribution is -0.137. The SMILES string of the molecule is NC(=O)CCNc1cc(Br)ccc1C(F)(F)F. The minimum atomic E-state index is -4.43. The van der Waals surface area contributed by atoms with Crippen LogP contribution in [0.1, 0.15) is 12.0 Å². The lowest BCUT2D eigenvalue weighted by atomic mass is 10.1. The van der Waals surface area contributed by atoms with E-state index in [4.69, 9.17) is 5.73 Å². The number of amides is 1. The Morgan fingerprint density at radius 1 is 1.41 bits per heavy atom. The highest BCUT2D eigenvalue weighted by atomic mass is 79.9. The third-order valence-electron chi connectivity index (χ3n) is 1.97. The summed E-state index contributed by atoms with van der Waals surface area (Å²) in [5, 5.41) is 2.54. The number of nitrogens with one attached hydrogen (secondary N) is 1. The molecule has 1 aromatic rings. The molecule has 0 atom stereocenters. The molecule has 94 valence electrons. The van der Waals surface area contributed by atoms with E-state index in [9.17, 15) is 18.0 Å². The van der Waals surface area contributed by atoms with Crippen LogP contribution in [0.2, 0.25) is 0 Å². The van der Waals surface area contributed by atoms with Crippen LogP contribution >= 0.6 is 15.9 Å². The van der Waals surface area contributed by atoms with Gasteiger partial charge < -0.3 is 11.1 Å². The summed E-state index contributed by atoms with van der Waals surface area (Å²) >= 11 is 3.08. The molecule has 0 radical (unpaired) electrons. The van der Waals surface area contributed by atoms with Gasteiger partial charge in [0, 0.05) is 23.1 Å². The highest BCUT2D eigenvalue weighted by Gasteiger charge is 2.33. The molecule has 17 heavy (non-hydrogen) atoms. The minimum absolute atomic E-state index is 0.0240. The molecule has 0 aliphatic rings. The summed E-state index contributed by atoms with van der Waals surface area (Å²) in [5.41, 5.74) is 4.05. The lowest BCUT2D eigenvalue weighted by Crippen LogP contribution is -2.17. The Hall–Kier alpha value is -1.24. The molecule has 3 N–H and O–H groups in total. The molecule has 7 heteroatoms. The van der Waals surface area contributed by atoms with Gasteiger partial charge in [-0.3, -0.25) is 4.79 Å². The highest BCUT2D eigenvalue weighted by Crippen LogP contribution is 2.36. The molecule has 1 amide bonds. The third kappa shape index (κ3) is 4.26. The molecule has 0 spiro atoms. The van der Waals surface area contributed by atoms with Gasteiger partial charge in [-0.15, -0.1) is 0 Å². The average molecular weight is 311 g/mol. The monoisotopic (exact) mass is 310 g/mol. The Labute approximate surface area is 104 Å². The first-order chi connectivity index (χ1) is 7.80. The van der Waals surface area contributed by atoms with Gasteiger partial charge in [0.1, 0.15) is 0 Å². The Balaban J connectivity index is 2.88. The van der Waals surface area contributed by atoms with Gasteiger partial charge in [-0.2, -0.15) is 13.2 Å². The number of carbonyl (C=O) groups excluding carboxylic acids is 1. The van der Waals surface area contributed by atoms with Crippen LogP contribution in [-0.2, 0) is 11.0 Å². The summed E-state index contributed by atoms with van der Waals surface area (Å²) < 4.78 is 38.4. The van der Waals surface area contributed by atoms with Gasteiger partial charge in [-0.1, -0.05) is 15.9 Å². The molecule has 1 rings (SSSR count). The van der Waals surface area contributed by atoms with Crippen LogP contribution in [0.4, 0.5) is 18.9 Å². The van der Waals surface area contributed by atoms with E-state index in [1.165, 1.54) is 12.1 Å². The van der Waals surface area contributed by atoms with Crippen molar-refractivity contribution < 1.29 is 18.0 Å². The van der Waals surface area contributed by atoms with Crippen molar-refractivity contribution >= 4 is 27.5 Å². The van der Waals surface area contributed by atoms with Crippen LogP contribution < -0.4 is 11.1 Å². The van der Waals surface area contributed by atoms with Crippen LogP contribution in [0.15, 0.2) is 22.7 Å². The second kappa shape index (κ2) is 5.39. The Morgan fingerprint density at radius 2 is 2.06 bits per heavy atom. The van der Waals surface area contributed by atoms with Crippen molar-refractivity contribution in [1.82, 2.24) is 0 Å². The largest absolute Gasteiger partial charge is 0.418 e. The number of hydrogen-bond acceptors (Lipinski definition) is 2. The number of benzene rings is 1. The zero-order chi connectivity index (χ0) is 13.1. The van der Waals surface area contributed by atoms with Crippen LogP contribution in [0.5, 0.6) is 0 Å². The zero-order valence-corrected chi connectivity index (χ0v) is 10.2. The lowest BCUT2D eigenvalue weighted by Gasteiger charge is -2.14. The number of halogens is 4. The molecule has 3 nitrogen and oxygen atoms in total. The Bertz CT molecular complexity index is 421. The number of rotatable bonds is 4. The molecule has 0 fully saturated rings. The van der Waals surface area contributed by atoms with E-state index in [-0.39, 0.29) is 18.7 Å². The Morgan fingerprint density at radius 3 is 2.59 bits per heavy atom. The second-order valence-electron chi connectivity index (χ2n) is 3.33. The summed E-state index contributed by atoms with van der Waals surface area (Å²) in [4.78, 5) is 10.5. The van der Waals surface area contributed by atoms with Gasteiger partial charge in [0.2, 0.25) is 5.91 Å². The quantitative estimate of drug-likeness (QED) is 0.898. The number of carbonyl (C=O) groups is 1. The van der Waals surface area contributed by atoms with Crippen molar-refractivity contribution in [2.24, 2.45) is 5.73 Å². The van der Waals surface area contributed by atoms with E-state index in [2.05, 4.69) is 21.2 Å². The van der Waals surface area contributed by atoms with Crippen molar-refractivity contribution in [2.75, 3.05) is 11.9 Å². The number of alkyl halides is 3. The first-order valence-corrected chi connectivity index (χ1v) is 5.49. The molecule has 0 unspecified atom stereocenters. The fraction of sp³-hybridized carbons (Fsp3) is 0.300. The van der Waals surface area contributed by atoms with E-state index in [1.54, 1.807) is 0 Å². The summed E-state index contributed by atoms with van der Waals surface area (Å²) in [7, 11) is 0. The molecule has 0 saturated heterocycles. The highest BCUT2D eigenvalue weighted by molar-refractivity contribution is 9.10. The maximum atomic E-state index is 12.6. The number of hydrogen-bond donors (Lipinski definition) is 2. The molecule has 0 saturated carbocycles. The predicted octanol–water partition coefficient (Wildman–Crippen LogP) is 2.76. The van der Waals surface area contributed by atoms with E-state index in [0.29, 0.717) is 4.47 Å². The minimum Gasteiger partial charge on any atom is -0.384 e. The number of nitrogens with two attached hydrogens (primary N) is 1. The van der Waals surface area contributed by atoms with Gasteiger partial charge in [-0.05, 0) is 18.2 Å². The third-order valence-corrected chi connectivity index (χ3v) is 2.47. The van der Waals surface area contributed by atoms with E-state index < -0.39 is 17.6 Å². The summed E-state index contributed by atoms with van der Waals surface area (Å²) in [5.74, 6) is -0.568. The van der Waals surface area contributed by atoms with Gasteiger partial charge >= 0.3 is 6.18 Å². The van der Waals surface area contributed by atoms with Gasteiger partial charge in [0.15, 0.2) is 0 Å². The number of primary amides is 1. The molecule has 0 heterocycles. The fourth-order valence-electron chi connectivity index (χ4n) is 1.23. The maximum absolute atomic E-state index is 12.6. The Kier molecular flexibility index (Phi) is 4.39. The maximum Gasteiger partial charge on any atom is 0.418 e. The predicted molar refractivity (Wildman–Crippen MR) is 61.4 cm³/mol. The molecular weight excluding hydrogens is 301 g/mol. The molecule has 1 aromatic carbocycles. The summed E-state index contributed by atoms with van der Waals surface area (Å²) in [6, 6.07) is 3.59. The number of anilines is 1. The first kappa shape index (κ1) is 13.8. The van der Waals surface area contributed by atoms with Crippen molar-refractivity contribution in [3.8, 4) is 0 Å². The van der Waals surface area contributed by atoms with Crippen LogP contribution in [0, 0.1) is 0 Å². The van der Waals surface area contributed by atoms with E-state index in [1.807, 2.05) is 0 Å². The summed E-state index contributed by atoms with van der Waals surface area (Å²) in [6.45, 7) is 0.0644. The normalized spacial score (nSPS) is 11.3. The van der Waals surface area contributed by atoms with Crippen molar-refractivity contribution in [1.29, 1.82) is 0 Å². The fourth-order valence-corrected chi connectivity index (χ4v) is 1.59. The van der Waals surface area contributed by atoms with Crippen LogP contribution in [0.25, 0.3) is 0 Å². The van der Waals surface area contributed by atoms with Crippen LogP contribution in [-0.4, -0.2) is 12.5 Å². The second-order valence-corrected chi connectivity index (χ2v) is 4.25. The molecular formula is C10H10BrF3N2O. The van der Waals surface area contributed by atoms with Gasteiger partial charge in [0.25, 0.3) is 0 Å². The van der Waals surface area contributed by atoms with Gasteiger partial charge in [0.05, 0.1) is 5.56 Å². The van der Waals surface area contributed by atoms with Crippen LogP contribution in [0.3, 0.4) is 0 Å².